The molecule has 1 unspecified atom stereocenters. The van der Waals surface area contributed by atoms with Gasteiger partial charge in [-0.3, -0.25) is 9.69 Å². The summed E-state index contributed by atoms with van der Waals surface area (Å²) >= 11 is 0. The molecule has 1 aliphatic heterocycles. The molecular weight excluding hydrogens is 243 g/mol. The van der Waals surface area contributed by atoms with E-state index in [4.69, 9.17) is 0 Å². The summed E-state index contributed by atoms with van der Waals surface area (Å²) in [6.45, 7) is 2.40. The molecule has 104 valence electrons. The Hall–Kier alpha value is -1.26. The van der Waals surface area contributed by atoms with Crippen molar-refractivity contribution in [2.75, 3.05) is 33.7 Å². The van der Waals surface area contributed by atoms with Crippen molar-refractivity contribution in [3.63, 3.8) is 0 Å². The first-order chi connectivity index (χ1) is 9.06. The van der Waals surface area contributed by atoms with Crippen LogP contribution in [0.4, 0.5) is 4.39 Å². The van der Waals surface area contributed by atoms with E-state index in [0.717, 1.165) is 25.9 Å². The molecule has 1 aromatic carbocycles. The van der Waals surface area contributed by atoms with Crippen molar-refractivity contribution in [3.05, 3.63) is 35.6 Å². The number of hydrogen-bond acceptors (Lipinski definition) is 3. The van der Waals surface area contributed by atoms with Crippen LogP contribution in [0.15, 0.2) is 24.3 Å². The van der Waals surface area contributed by atoms with E-state index < -0.39 is 0 Å². The molecule has 1 fully saturated rings. The minimum atomic E-state index is -0.303. The first-order valence-corrected chi connectivity index (χ1v) is 6.74. The highest BCUT2D eigenvalue weighted by Gasteiger charge is 2.26. The first kappa shape index (κ1) is 14.2. The summed E-state index contributed by atoms with van der Waals surface area (Å²) in [5.74, 6) is -0.228. The van der Waals surface area contributed by atoms with Crippen molar-refractivity contribution in [3.8, 4) is 0 Å². The van der Waals surface area contributed by atoms with E-state index in [0.29, 0.717) is 18.2 Å². The van der Waals surface area contributed by atoms with Crippen molar-refractivity contribution in [2.24, 2.45) is 0 Å². The fourth-order valence-corrected chi connectivity index (χ4v) is 2.64. The van der Waals surface area contributed by atoms with Crippen LogP contribution in [-0.4, -0.2) is 55.4 Å². The van der Waals surface area contributed by atoms with Crippen LogP contribution in [0.3, 0.4) is 0 Å². The second-order valence-electron chi connectivity index (χ2n) is 5.46. The second kappa shape index (κ2) is 6.26. The normalized spacial score (nSPS) is 20.1. The van der Waals surface area contributed by atoms with E-state index in [1.54, 1.807) is 12.1 Å². The van der Waals surface area contributed by atoms with Crippen LogP contribution in [0.5, 0.6) is 0 Å². The van der Waals surface area contributed by atoms with Crippen molar-refractivity contribution >= 4 is 5.78 Å². The van der Waals surface area contributed by atoms with Crippen LogP contribution in [0.25, 0.3) is 0 Å². The SMILES string of the molecule is CN(C)CC1CCCN1CC(=O)c1ccc(F)cc1. The first-order valence-electron chi connectivity index (χ1n) is 6.74. The molecule has 0 aromatic heterocycles. The van der Waals surface area contributed by atoms with Crippen LogP contribution in [0, 0.1) is 5.82 Å². The number of carbonyl (C=O) groups is 1. The van der Waals surface area contributed by atoms with Gasteiger partial charge in [-0.15, -0.1) is 0 Å². The zero-order valence-corrected chi connectivity index (χ0v) is 11.6. The molecule has 0 amide bonds. The molecule has 0 radical (unpaired) electrons. The smallest absolute Gasteiger partial charge is 0.176 e. The van der Waals surface area contributed by atoms with Gasteiger partial charge in [0.25, 0.3) is 0 Å². The van der Waals surface area contributed by atoms with Crippen LogP contribution >= 0.6 is 0 Å². The largest absolute Gasteiger partial charge is 0.308 e. The summed E-state index contributed by atoms with van der Waals surface area (Å²) in [7, 11) is 4.11. The van der Waals surface area contributed by atoms with Gasteiger partial charge in [0, 0.05) is 18.2 Å². The summed E-state index contributed by atoms with van der Waals surface area (Å²) in [5.41, 5.74) is 0.594. The summed E-state index contributed by atoms with van der Waals surface area (Å²) in [6.07, 6.45) is 2.30. The minimum Gasteiger partial charge on any atom is -0.308 e. The number of carbonyl (C=O) groups excluding carboxylic acids is 1. The molecule has 1 heterocycles. The number of halogens is 1. The van der Waals surface area contributed by atoms with E-state index in [9.17, 15) is 9.18 Å². The molecule has 0 saturated carbocycles. The maximum atomic E-state index is 12.8. The van der Waals surface area contributed by atoms with Gasteiger partial charge < -0.3 is 4.90 Å². The van der Waals surface area contributed by atoms with Crippen molar-refractivity contribution < 1.29 is 9.18 Å². The number of nitrogens with zero attached hydrogens (tertiary/aromatic N) is 2. The minimum absolute atomic E-state index is 0.0747. The van der Waals surface area contributed by atoms with Gasteiger partial charge in [0.15, 0.2) is 5.78 Å². The maximum absolute atomic E-state index is 12.8. The number of benzene rings is 1. The van der Waals surface area contributed by atoms with Crippen LogP contribution in [0.1, 0.15) is 23.2 Å². The molecule has 3 nitrogen and oxygen atoms in total. The Bertz CT molecular complexity index is 430. The topological polar surface area (TPSA) is 23.6 Å². The van der Waals surface area contributed by atoms with Crippen LogP contribution in [0.2, 0.25) is 0 Å². The molecule has 1 atom stereocenters. The molecule has 0 bridgehead atoms. The zero-order valence-electron chi connectivity index (χ0n) is 11.6. The van der Waals surface area contributed by atoms with E-state index >= 15 is 0 Å². The molecule has 0 aliphatic carbocycles. The summed E-state index contributed by atoms with van der Waals surface area (Å²) in [5, 5.41) is 0. The average Bonchev–Trinajstić information content (AvgIpc) is 2.76. The fourth-order valence-electron chi connectivity index (χ4n) is 2.64. The van der Waals surface area contributed by atoms with E-state index in [2.05, 4.69) is 23.9 Å². The van der Waals surface area contributed by atoms with E-state index in [-0.39, 0.29) is 11.6 Å². The van der Waals surface area contributed by atoms with Gasteiger partial charge >= 0.3 is 0 Å². The lowest BCUT2D eigenvalue weighted by atomic mass is 10.1. The Morgan fingerprint density at radius 1 is 1.37 bits per heavy atom. The number of Topliss-reactive ketones (excluding diaryl/α,β-unsaturated/α-hetero) is 1. The summed E-state index contributed by atoms with van der Waals surface area (Å²) in [4.78, 5) is 16.6. The molecule has 19 heavy (non-hydrogen) atoms. The van der Waals surface area contributed by atoms with Gasteiger partial charge in [-0.05, 0) is 57.7 Å². The Morgan fingerprint density at radius 2 is 2.05 bits per heavy atom. The lowest BCUT2D eigenvalue weighted by Crippen LogP contribution is -2.40. The number of likely N-dealkylation sites (tertiary alicyclic amines) is 1. The highest BCUT2D eigenvalue weighted by atomic mass is 19.1. The Labute approximate surface area is 114 Å². The molecule has 1 saturated heterocycles. The average molecular weight is 264 g/mol. The van der Waals surface area contributed by atoms with Gasteiger partial charge in [-0.25, -0.2) is 4.39 Å². The van der Waals surface area contributed by atoms with Crippen molar-refractivity contribution in [2.45, 2.75) is 18.9 Å². The second-order valence-corrected chi connectivity index (χ2v) is 5.46. The highest BCUT2D eigenvalue weighted by Crippen LogP contribution is 2.18. The number of ketones is 1. The standard InChI is InChI=1S/C15H21FN2O/c1-17(2)10-14-4-3-9-18(14)11-15(19)12-5-7-13(16)8-6-12/h5-8,14H,3-4,9-11H2,1-2H3. The molecule has 2 rings (SSSR count). The maximum Gasteiger partial charge on any atom is 0.176 e. The van der Waals surface area contributed by atoms with Crippen molar-refractivity contribution in [1.29, 1.82) is 0 Å². The van der Waals surface area contributed by atoms with Crippen LogP contribution < -0.4 is 0 Å². The van der Waals surface area contributed by atoms with Gasteiger partial charge in [0.2, 0.25) is 0 Å². The Balaban J connectivity index is 1.96. The van der Waals surface area contributed by atoms with Crippen molar-refractivity contribution in [1.82, 2.24) is 9.80 Å². The monoisotopic (exact) mass is 264 g/mol. The number of hydrogen-bond donors (Lipinski definition) is 0. The number of likely N-dealkylation sites (N-methyl/N-ethyl adjacent to an activating group) is 1. The predicted molar refractivity (Wildman–Crippen MR) is 73.9 cm³/mol. The van der Waals surface area contributed by atoms with Gasteiger partial charge in [0.05, 0.1) is 6.54 Å². The lowest BCUT2D eigenvalue weighted by Gasteiger charge is -2.26. The molecule has 1 aromatic rings. The van der Waals surface area contributed by atoms with E-state index in [1.807, 2.05) is 0 Å². The third kappa shape index (κ3) is 3.85. The van der Waals surface area contributed by atoms with Crippen LogP contribution in [-0.2, 0) is 0 Å². The lowest BCUT2D eigenvalue weighted by molar-refractivity contribution is 0.0910. The number of rotatable bonds is 5. The van der Waals surface area contributed by atoms with E-state index in [1.165, 1.54) is 12.1 Å². The van der Waals surface area contributed by atoms with Gasteiger partial charge in [0.1, 0.15) is 5.82 Å². The molecule has 1 aliphatic rings. The zero-order chi connectivity index (χ0) is 13.8. The Kier molecular flexibility index (Phi) is 4.66. The predicted octanol–water partition coefficient (Wildman–Crippen LogP) is 2.03. The summed E-state index contributed by atoms with van der Waals surface area (Å²) < 4.78 is 12.8. The highest BCUT2D eigenvalue weighted by molar-refractivity contribution is 5.97. The quantitative estimate of drug-likeness (QED) is 0.760. The third-order valence-electron chi connectivity index (χ3n) is 3.59. The fraction of sp³-hybridized carbons (Fsp3) is 0.533. The van der Waals surface area contributed by atoms with Gasteiger partial charge in [-0.1, -0.05) is 0 Å². The summed E-state index contributed by atoms with van der Waals surface area (Å²) in [6, 6.07) is 6.27. The molecule has 0 N–H and O–H groups in total. The molecule has 4 heteroatoms. The molecule has 0 spiro atoms. The van der Waals surface area contributed by atoms with Gasteiger partial charge in [-0.2, -0.15) is 0 Å². The Morgan fingerprint density at radius 3 is 2.68 bits per heavy atom. The third-order valence-corrected chi connectivity index (χ3v) is 3.59. The molecular formula is C15H21FN2O.